The highest BCUT2D eigenvalue weighted by atomic mass is 31.2. The largest absolute Gasteiger partial charge is 0.310 e. The molecule has 1 rings (SSSR count). The van der Waals surface area contributed by atoms with E-state index in [-0.39, 0.29) is 0 Å². The molecule has 0 bridgehead atoms. The molecule has 0 saturated carbocycles. The summed E-state index contributed by atoms with van der Waals surface area (Å²) in [6, 6.07) is 0. The number of nitrogens with one attached hydrogen (secondary N) is 1. The van der Waals surface area contributed by atoms with Crippen LogP contribution in [0.1, 0.15) is 27.7 Å². The Kier molecular flexibility index (Phi) is 3.55. The van der Waals surface area contributed by atoms with Crippen molar-refractivity contribution in [1.29, 1.82) is 0 Å². The second-order valence-electron chi connectivity index (χ2n) is 4.49. The van der Waals surface area contributed by atoms with Gasteiger partial charge in [0.25, 0.3) is 0 Å². The first-order chi connectivity index (χ1) is 5.59. The van der Waals surface area contributed by atoms with Gasteiger partial charge in [0.1, 0.15) is 0 Å². The lowest BCUT2D eigenvalue weighted by molar-refractivity contribution is 0.722. The summed E-state index contributed by atoms with van der Waals surface area (Å²) in [5.74, 6) is 0. The molecule has 12 heavy (non-hydrogen) atoms. The first kappa shape index (κ1) is 10.5. The lowest BCUT2D eigenvalue weighted by atomic mass is 10.5. The molecule has 0 aromatic carbocycles. The third-order valence-electron chi connectivity index (χ3n) is 3.47. The van der Waals surface area contributed by atoms with Crippen LogP contribution < -0.4 is 5.32 Å². The molecule has 0 unspecified atom stereocenters. The van der Waals surface area contributed by atoms with E-state index in [4.69, 9.17) is 0 Å². The molecule has 2 heteroatoms. The average Bonchev–Trinajstić information content (AvgIpc) is 2.05. The van der Waals surface area contributed by atoms with Crippen molar-refractivity contribution in [3.63, 3.8) is 0 Å². The fourth-order valence-corrected chi connectivity index (χ4v) is 7.07. The zero-order valence-electron chi connectivity index (χ0n) is 8.93. The summed E-state index contributed by atoms with van der Waals surface area (Å²) in [6.07, 6.45) is 2.95. The SMILES string of the molecule is CC(C)[P+]1(C(C)C)CCNCC1. The average molecular weight is 188 g/mol. The Morgan fingerprint density at radius 1 is 0.917 bits per heavy atom. The predicted octanol–water partition coefficient (Wildman–Crippen LogP) is 2.42. The van der Waals surface area contributed by atoms with Gasteiger partial charge >= 0.3 is 0 Å². The highest BCUT2D eigenvalue weighted by Crippen LogP contribution is 2.66. The molecule has 1 fully saturated rings. The lowest BCUT2D eigenvalue weighted by Crippen LogP contribution is -2.37. The summed E-state index contributed by atoms with van der Waals surface area (Å²) in [7, 11) is -0.597. The maximum atomic E-state index is 3.48. The highest BCUT2D eigenvalue weighted by Gasteiger charge is 2.44. The second kappa shape index (κ2) is 4.07. The number of hydrogen-bond donors (Lipinski definition) is 1. The Labute approximate surface area is 77.7 Å². The van der Waals surface area contributed by atoms with E-state index < -0.39 is 7.26 Å². The van der Waals surface area contributed by atoms with Gasteiger partial charge in [-0.2, -0.15) is 0 Å². The Bertz CT molecular complexity index is 127. The zero-order chi connectivity index (χ0) is 9.19. The van der Waals surface area contributed by atoms with E-state index in [9.17, 15) is 0 Å². The minimum Gasteiger partial charge on any atom is -0.310 e. The van der Waals surface area contributed by atoms with Gasteiger partial charge in [-0.1, -0.05) is 0 Å². The third kappa shape index (κ3) is 1.83. The van der Waals surface area contributed by atoms with Crippen LogP contribution >= 0.6 is 7.26 Å². The lowest BCUT2D eigenvalue weighted by Gasteiger charge is -2.38. The van der Waals surface area contributed by atoms with Gasteiger partial charge in [0.05, 0.1) is 23.6 Å². The molecule has 1 saturated heterocycles. The monoisotopic (exact) mass is 188 g/mol. The van der Waals surface area contributed by atoms with Gasteiger partial charge in [-0.3, -0.25) is 0 Å². The minimum atomic E-state index is -0.597. The molecule has 0 aromatic rings. The first-order valence-corrected chi connectivity index (χ1v) is 7.46. The Hall–Kier alpha value is 0.390. The van der Waals surface area contributed by atoms with E-state index in [1.165, 1.54) is 25.4 Å². The van der Waals surface area contributed by atoms with E-state index in [1.54, 1.807) is 0 Å². The fourth-order valence-electron chi connectivity index (χ4n) is 2.44. The van der Waals surface area contributed by atoms with E-state index in [1.807, 2.05) is 0 Å². The molecule has 72 valence electrons. The highest BCUT2D eigenvalue weighted by molar-refractivity contribution is 7.77. The van der Waals surface area contributed by atoms with Gasteiger partial charge in [0, 0.05) is 20.4 Å². The molecule has 1 heterocycles. The topological polar surface area (TPSA) is 12.0 Å². The maximum Gasteiger partial charge on any atom is 0.0724 e. The summed E-state index contributed by atoms with van der Waals surface area (Å²) in [5, 5.41) is 3.48. The van der Waals surface area contributed by atoms with Crippen molar-refractivity contribution >= 4 is 7.26 Å². The quantitative estimate of drug-likeness (QED) is 0.656. The van der Waals surface area contributed by atoms with Crippen molar-refractivity contribution in [2.75, 3.05) is 25.4 Å². The predicted molar refractivity (Wildman–Crippen MR) is 59.8 cm³/mol. The maximum absolute atomic E-state index is 3.48. The van der Waals surface area contributed by atoms with Gasteiger partial charge in [-0.15, -0.1) is 0 Å². The molecule has 0 amide bonds. The van der Waals surface area contributed by atoms with Crippen molar-refractivity contribution in [2.24, 2.45) is 0 Å². The Morgan fingerprint density at radius 3 is 1.58 bits per heavy atom. The van der Waals surface area contributed by atoms with Crippen molar-refractivity contribution in [2.45, 2.75) is 39.0 Å². The molecule has 1 N–H and O–H groups in total. The van der Waals surface area contributed by atoms with Crippen molar-refractivity contribution in [1.82, 2.24) is 5.32 Å². The van der Waals surface area contributed by atoms with Crippen LogP contribution in [0.3, 0.4) is 0 Å². The second-order valence-corrected chi connectivity index (χ2v) is 9.65. The smallest absolute Gasteiger partial charge is 0.0724 e. The Morgan fingerprint density at radius 2 is 1.33 bits per heavy atom. The van der Waals surface area contributed by atoms with E-state index in [0.717, 1.165) is 11.3 Å². The van der Waals surface area contributed by atoms with Gasteiger partial charge in [0.15, 0.2) is 0 Å². The van der Waals surface area contributed by atoms with Crippen LogP contribution in [-0.4, -0.2) is 36.7 Å². The van der Waals surface area contributed by atoms with Gasteiger partial charge < -0.3 is 5.32 Å². The standard InChI is InChI=1S/C10H23NP/c1-9(2)12(10(3)4)7-5-11-6-8-12/h9-11H,5-8H2,1-4H3/q+1. The minimum absolute atomic E-state index is 0.597. The Balaban J connectivity index is 2.70. The first-order valence-electron chi connectivity index (χ1n) is 5.17. The molecule has 0 radical (unpaired) electrons. The molecule has 0 spiro atoms. The normalized spacial score (nSPS) is 23.5. The van der Waals surface area contributed by atoms with Gasteiger partial charge in [-0.25, -0.2) is 0 Å². The summed E-state index contributed by atoms with van der Waals surface area (Å²) in [5.41, 5.74) is 1.89. The van der Waals surface area contributed by atoms with Gasteiger partial charge in [-0.05, 0) is 27.7 Å². The van der Waals surface area contributed by atoms with Crippen LogP contribution in [-0.2, 0) is 0 Å². The van der Waals surface area contributed by atoms with E-state index in [0.29, 0.717) is 0 Å². The number of hydrogen-bond acceptors (Lipinski definition) is 1. The fraction of sp³-hybridized carbons (Fsp3) is 1.00. The number of rotatable bonds is 2. The summed E-state index contributed by atoms with van der Waals surface area (Å²) in [4.78, 5) is 0. The molecule has 1 aliphatic heterocycles. The van der Waals surface area contributed by atoms with Crippen LogP contribution in [0.4, 0.5) is 0 Å². The van der Waals surface area contributed by atoms with Gasteiger partial charge in [0.2, 0.25) is 0 Å². The third-order valence-corrected chi connectivity index (χ3v) is 9.69. The molecule has 0 aliphatic carbocycles. The van der Waals surface area contributed by atoms with Crippen molar-refractivity contribution in [3.8, 4) is 0 Å². The van der Waals surface area contributed by atoms with Crippen LogP contribution in [0.2, 0.25) is 0 Å². The molecular weight excluding hydrogens is 165 g/mol. The molecular formula is C10H23NP+. The van der Waals surface area contributed by atoms with Crippen LogP contribution in [0.15, 0.2) is 0 Å². The van der Waals surface area contributed by atoms with E-state index >= 15 is 0 Å². The van der Waals surface area contributed by atoms with Crippen LogP contribution in [0.5, 0.6) is 0 Å². The molecule has 0 aromatic heterocycles. The molecule has 1 aliphatic rings. The van der Waals surface area contributed by atoms with Crippen LogP contribution in [0, 0.1) is 0 Å². The van der Waals surface area contributed by atoms with Crippen molar-refractivity contribution in [3.05, 3.63) is 0 Å². The van der Waals surface area contributed by atoms with E-state index in [2.05, 4.69) is 33.0 Å². The van der Waals surface area contributed by atoms with Crippen LogP contribution in [0.25, 0.3) is 0 Å². The molecule has 0 atom stereocenters. The summed E-state index contributed by atoms with van der Waals surface area (Å²) in [6.45, 7) is 12.3. The summed E-state index contributed by atoms with van der Waals surface area (Å²) < 4.78 is 0. The van der Waals surface area contributed by atoms with Crippen molar-refractivity contribution < 1.29 is 0 Å². The zero-order valence-corrected chi connectivity index (χ0v) is 9.82. The molecule has 1 nitrogen and oxygen atoms in total. The summed E-state index contributed by atoms with van der Waals surface area (Å²) >= 11 is 0.